The first-order valence-electron chi connectivity index (χ1n) is 10.4. The molecule has 2 aliphatic rings. The molecule has 0 bridgehead atoms. The Balaban J connectivity index is 1.24. The van der Waals surface area contributed by atoms with Crippen LogP contribution in [-0.2, 0) is 0 Å². The Labute approximate surface area is 170 Å². The topological polar surface area (TPSA) is 66.4 Å². The summed E-state index contributed by atoms with van der Waals surface area (Å²) >= 11 is 0. The number of ether oxygens (including phenoxy) is 1. The highest BCUT2D eigenvalue weighted by atomic mass is 16.5. The fraction of sp³-hybridized carbons (Fsp3) is 0.409. The number of rotatable bonds is 4. The number of benzene rings is 1. The molecule has 7 nitrogen and oxygen atoms in total. The van der Waals surface area contributed by atoms with Crippen LogP contribution in [0.25, 0.3) is 10.9 Å². The minimum atomic E-state index is 0.157. The lowest BCUT2D eigenvalue weighted by Crippen LogP contribution is -2.44. The quantitative estimate of drug-likeness (QED) is 0.734. The lowest BCUT2D eigenvalue weighted by Gasteiger charge is -2.34. The minimum Gasteiger partial charge on any atom is -0.472 e. The molecule has 3 aromatic rings. The van der Waals surface area contributed by atoms with E-state index in [1.165, 1.54) is 5.39 Å². The van der Waals surface area contributed by atoms with Crippen LogP contribution in [0.4, 0.5) is 11.6 Å². The van der Waals surface area contributed by atoms with E-state index in [0.29, 0.717) is 5.88 Å². The number of hydrogen-bond acceptors (Lipinski definition) is 7. The smallest absolute Gasteiger partial charge is 0.257 e. The molecule has 0 amide bonds. The van der Waals surface area contributed by atoms with Gasteiger partial charge < -0.3 is 19.9 Å². The average molecular weight is 390 g/mol. The van der Waals surface area contributed by atoms with Crippen molar-refractivity contribution in [1.82, 2.24) is 20.3 Å². The Morgan fingerprint density at radius 3 is 2.52 bits per heavy atom. The van der Waals surface area contributed by atoms with Crippen LogP contribution in [-0.4, -0.2) is 60.3 Å². The van der Waals surface area contributed by atoms with Gasteiger partial charge in [0.05, 0.1) is 5.52 Å². The first-order chi connectivity index (χ1) is 14.4. The van der Waals surface area contributed by atoms with Gasteiger partial charge in [-0.1, -0.05) is 18.2 Å². The second kappa shape index (κ2) is 8.21. The third-order valence-corrected chi connectivity index (χ3v) is 5.69. The molecule has 1 aromatic carbocycles. The summed E-state index contributed by atoms with van der Waals surface area (Å²) in [6.45, 7) is 5.65. The second-order valence-corrected chi connectivity index (χ2v) is 7.59. The molecular formula is C22H26N6O. The van der Waals surface area contributed by atoms with Crippen molar-refractivity contribution in [2.24, 2.45) is 0 Å². The molecule has 0 radical (unpaired) electrons. The van der Waals surface area contributed by atoms with Gasteiger partial charge in [-0.3, -0.25) is 0 Å². The highest BCUT2D eigenvalue weighted by Gasteiger charge is 2.25. The summed E-state index contributed by atoms with van der Waals surface area (Å²) in [7, 11) is 0. The predicted octanol–water partition coefficient (Wildman–Crippen LogP) is 2.48. The molecule has 0 spiro atoms. The summed E-state index contributed by atoms with van der Waals surface area (Å²) in [5, 5.41) is 4.55. The van der Waals surface area contributed by atoms with Gasteiger partial charge >= 0.3 is 0 Å². The highest BCUT2D eigenvalue weighted by Crippen LogP contribution is 2.27. The molecule has 2 saturated heterocycles. The Morgan fingerprint density at radius 2 is 1.66 bits per heavy atom. The molecule has 0 unspecified atom stereocenters. The summed E-state index contributed by atoms with van der Waals surface area (Å²) in [4.78, 5) is 18.5. The standard InChI is InChI=1S/C22H26N6O/c1-2-4-19-17(3-1)5-6-20(26-19)27-13-7-18(8-14-27)29-22-21(24-9-10-25-22)28-15-11-23-12-16-28/h1-6,9-10,18,23H,7-8,11-16H2. The highest BCUT2D eigenvalue weighted by molar-refractivity contribution is 5.80. The Kier molecular flexibility index (Phi) is 5.13. The summed E-state index contributed by atoms with van der Waals surface area (Å²) in [5.41, 5.74) is 1.04. The van der Waals surface area contributed by atoms with Crippen molar-refractivity contribution in [3.63, 3.8) is 0 Å². The van der Waals surface area contributed by atoms with Gasteiger partial charge in [0, 0.05) is 69.9 Å². The van der Waals surface area contributed by atoms with Crippen LogP contribution in [0.3, 0.4) is 0 Å². The molecule has 0 saturated carbocycles. The Hall–Kier alpha value is -2.93. The van der Waals surface area contributed by atoms with Gasteiger partial charge in [-0.15, -0.1) is 0 Å². The number of nitrogens with one attached hydrogen (secondary N) is 1. The zero-order valence-electron chi connectivity index (χ0n) is 16.5. The number of fused-ring (bicyclic) bond motifs is 1. The zero-order valence-corrected chi connectivity index (χ0v) is 16.5. The lowest BCUT2D eigenvalue weighted by molar-refractivity contribution is 0.163. The summed E-state index contributed by atoms with van der Waals surface area (Å²) in [6.07, 6.45) is 5.52. The van der Waals surface area contributed by atoms with E-state index in [-0.39, 0.29) is 6.10 Å². The van der Waals surface area contributed by atoms with Gasteiger partial charge in [0.25, 0.3) is 5.88 Å². The van der Waals surface area contributed by atoms with E-state index in [1.807, 2.05) is 12.1 Å². The number of nitrogens with zero attached hydrogens (tertiary/aromatic N) is 5. The van der Waals surface area contributed by atoms with Crippen LogP contribution >= 0.6 is 0 Å². The molecule has 150 valence electrons. The van der Waals surface area contributed by atoms with Gasteiger partial charge in [-0.2, -0.15) is 0 Å². The molecule has 5 rings (SSSR count). The minimum absolute atomic E-state index is 0.157. The summed E-state index contributed by atoms with van der Waals surface area (Å²) in [6, 6.07) is 12.5. The van der Waals surface area contributed by atoms with Crippen molar-refractivity contribution in [2.45, 2.75) is 18.9 Å². The van der Waals surface area contributed by atoms with Crippen molar-refractivity contribution in [1.29, 1.82) is 0 Å². The lowest BCUT2D eigenvalue weighted by atomic mass is 10.1. The van der Waals surface area contributed by atoms with Gasteiger partial charge in [-0.05, 0) is 18.2 Å². The maximum absolute atomic E-state index is 6.31. The number of para-hydroxylation sites is 1. The van der Waals surface area contributed by atoms with Crippen LogP contribution in [0.1, 0.15) is 12.8 Å². The second-order valence-electron chi connectivity index (χ2n) is 7.59. The molecule has 2 aromatic heterocycles. The van der Waals surface area contributed by atoms with E-state index in [9.17, 15) is 0 Å². The van der Waals surface area contributed by atoms with E-state index in [2.05, 4.69) is 49.4 Å². The SMILES string of the molecule is c1ccc2nc(N3CCC(Oc4nccnc4N4CCNCC4)CC3)ccc2c1. The van der Waals surface area contributed by atoms with Crippen molar-refractivity contribution in [3.05, 3.63) is 48.8 Å². The number of hydrogen-bond donors (Lipinski definition) is 1. The molecule has 4 heterocycles. The van der Waals surface area contributed by atoms with E-state index in [0.717, 1.165) is 69.3 Å². The van der Waals surface area contributed by atoms with Gasteiger partial charge in [-0.25, -0.2) is 15.0 Å². The van der Waals surface area contributed by atoms with E-state index in [4.69, 9.17) is 9.72 Å². The number of pyridine rings is 1. The van der Waals surface area contributed by atoms with Crippen molar-refractivity contribution < 1.29 is 4.74 Å². The average Bonchev–Trinajstić information content (AvgIpc) is 2.80. The third kappa shape index (κ3) is 3.96. The third-order valence-electron chi connectivity index (χ3n) is 5.69. The number of piperidine rings is 1. The molecule has 2 aliphatic heterocycles. The largest absolute Gasteiger partial charge is 0.472 e. The molecule has 2 fully saturated rings. The first kappa shape index (κ1) is 18.1. The molecule has 1 N–H and O–H groups in total. The molecule has 0 aliphatic carbocycles. The van der Waals surface area contributed by atoms with Gasteiger partial charge in [0.2, 0.25) is 0 Å². The Bertz CT molecular complexity index is 966. The van der Waals surface area contributed by atoms with Crippen LogP contribution in [0.2, 0.25) is 0 Å². The van der Waals surface area contributed by atoms with E-state index >= 15 is 0 Å². The maximum atomic E-state index is 6.31. The molecule has 29 heavy (non-hydrogen) atoms. The van der Waals surface area contributed by atoms with Crippen molar-refractivity contribution in [3.8, 4) is 5.88 Å². The summed E-state index contributed by atoms with van der Waals surface area (Å²) in [5.74, 6) is 2.58. The van der Waals surface area contributed by atoms with Crippen LogP contribution in [0, 0.1) is 0 Å². The van der Waals surface area contributed by atoms with Crippen molar-refractivity contribution in [2.75, 3.05) is 49.1 Å². The zero-order chi connectivity index (χ0) is 19.5. The van der Waals surface area contributed by atoms with Crippen LogP contribution < -0.4 is 19.9 Å². The molecular weight excluding hydrogens is 364 g/mol. The number of anilines is 2. The van der Waals surface area contributed by atoms with Crippen LogP contribution in [0.5, 0.6) is 5.88 Å². The molecule has 0 atom stereocenters. The normalized spacial score (nSPS) is 18.2. The maximum Gasteiger partial charge on any atom is 0.257 e. The Morgan fingerprint density at radius 1 is 0.862 bits per heavy atom. The van der Waals surface area contributed by atoms with Gasteiger partial charge in [0.15, 0.2) is 5.82 Å². The fourth-order valence-electron chi connectivity index (χ4n) is 4.09. The first-order valence-corrected chi connectivity index (χ1v) is 10.4. The van der Waals surface area contributed by atoms with E-state index in [1.54, 1.807) is 12.4 Å². The molecule has 7 heteroatoms. The number of aromatic nitrogens is 3. The predicted molar refractivity (Wildman–Crippen MR) is 115 cm³/mol. The van der Waals surface area contributed by atoms with Gasteiger partial charge in [0.1, 0.15) is 11.9 Å². The summed E-state index contributed by atoms with van der Waals surface area (Å²) < 4.78 is 6.31. The van der Waals surface area contributed by atoms with Crippen molar-refractivity contribution >= 4 is 22.5 Å². The monoisotopic (exact) mass is 390 g/mol. The number of piperazine rings is 1. The van der Waals surface area contributed by atoms with E-state index < -0.39 is 0 Å². The fourth-order valence-corrected chi connectivity index (χ4v) is 4.09. The van der Waals surface area contributed by atoms with Crippen LogP contribution in [0.15, 0.2) is 48.8 Å².